The molecule has 0 saturated carbocycles. The fraction of sp³-hybridized carbons (Fsp3) is 0.588. The molecule has 0 unspecified atom stereocenters. The number of nitriles is 1. The maximum atomic E-state index is 12.1. The molecular formula is C17H22BrN3O2. The van der Waals surface area contributed by atoms with Gasteiger partial charge >= 0.3 is 6.09 Å². The van der Waals surface area contributed by atoms with Gasteiger partial charge in [-0.25, -0.2) is 4.79 Å². The number of rotatable bonds is 2. The predicted molar refractivity (Wildman–Crippen MR) is 90.7 cm³/mol. The zero-order valence-electron chi connectivity index (χ0n) is 13.8. The van der Waals surface area contributed by atoms with Crippen molar-refractivity contribution in [3.05, 3.63) is 28.5 Å². The molecule has 1 saturated heterocycles. The summed E-state index contributed by atoms with van der Waals surface area (Å²) in [4.78, 5) is 18.2. The van der Waals surface area contributed by atoms with E-state index in [0.717, 1.165) is 10.2 Å². The fourth-order valence-electron chi connectivity index (χ4n) is 2.63. The van der Waals surface area contributed by atoms with Gasteiger partial charge in [-0.15, -0.1) is 0 Å². The van der Waals surface area contributed by atoms with Crippen LogP contribution in [0.25, 0.3) is 0 Å². The lowest BCUT2D eigenvalue weighted by Crippen LogP contribution is -2.45. The van der Waals surface area contributed by atoms with Crippen LogP contribution in [0.4, 0.5) is 4.79 Å². The first-order valence-electron chi connectivity index (χ1n) is 7.73. The molecule has 1 aliphatic heterocycles. The molecule has 0 aliphatic carbocycles. The molecule has 2 heterocycles. The minimum atomic E-state index is -0.498. The second kappa shape index (κ2) is 6.88. The maximum Gasteiger partial charge on any atom is 0.410 e. The Morgan fingerprint density at radius 2 is 2.09 bits per heavy atom. The van der Waals surface area contributed by atoms with E-state index in [4.69, 9.17) is 4.74 Å². The molecule has 1 aromatic rings. The number of ether oxygens (including phenoxy) is 1. The van der Waals surface area contributed by atoms with Gasteiger partial charge in [0.2, 0.25) is 0 Å². The minimum absolute atomic E-state index is 0.300. The Labute approximate surface area is 145 Å². The van der Waals surface area contributed by atoms with E-state index < -0.39 is 11.0 Å². The van der Waals surface area contributed by atoms with Crippen molar-refractivity contribution in [2.45, 2.75) is 45.6 Å². The van der Waals surface area contributed by atoms with E-state index in [1.165, 1.54) is 0 Å². The van der Waals surface area contributed by atoms with E-state index >= 15 is 0 Å². The molecule has 0 bridgehead atoms. The van der Waals surface area contributed by atoms with Gasteiger partial charge in [0.1, 0.15) is 5.60 Å². The van der Waals surface area contributed by atoms with Crippen LogP contribution < -0.4 is 0 Å². The van der Waals surface area contributed by atoms with Gasteiger partial charge in [0.05, 0.1) is 11.5 Å². The van der Waals surface area contributed by atoms with Gasteiger partial charge in [0, 0.05) is 35.9 Å². The number of amides is 1. The molecule has 124 valence electrons. The van der Waals surface area contributed by atoms with Gasteiger partial charge in [-0.05, 0) is 61.7 Å². The second-order valence-electron chi connectivity index (χ2n) is 7.00. The van der Waals surface area contributed by atoms with Crippen LogP contribution in [0.2, 0.25) is 0 Å². The molecule has 0 atom stereocenters. The highest BCUT2D eigenvalue weighted by molar-refractivity contribution is 9.10. The number of carbonyl (C=O) groups is 1. The number of hydrogen-bond donors (Lipinski definition) is 0. The van der Waals surface area contributed by atoms with E-state index in [1.807, 2.05) is 32.9 Å². The van der Waals surface area contributed by atoms with Crippen LogP contribution in [-0.4, -0.2) is 34.7 Å². The molecule has 6 heteroatoms. The Balaban J connectivity index is 1.98. The third-order valence-corrected chi connectivity index (χ3v) is 4.39. The minimum Gasteiger partial charge on any atom is -0.444 e. The number of aromatic nitrogens is 1. The molecule has 0 N–H and O–H groups in total. The normalized spacial score (nSPS) is 17.4. The van der Waals surface area contributed by atoms with Gasteiger partial charge in [0.15, 0.2) is 0 Å². The quantitative estimate of drug-likeness (QED) is 0.780. The molecule has 0 radical (unpaired) electrons. The first-order chi connectivity index (χ1) is 10.7. The highest BCUT2D eigenvalue weighted by Crippen LogP contribution is 2.34. The lowest BCUT2D eigenvalue weighted by molar-refractivity contribution is 0.0148. The van der Waals surface area contributed by atoms with Crippen LogP contribution in [0.5, 0.6) is 0 Å². The highest BCUT2D eigenvalue weighted by Gasteiger charge is 2.37. The molecule has 1 aliphatic rings. The first kappa shape index (κ1) is 17.7. The summed E-state index contributed by atoms with van der Waals surface area (Å²) in [6, 6.07) is 6.33. The fourth-order valence-corrected chi connectivity index (χ4v) is 2.86. The zero-order valence-corrected chi connectivity index (χ0v) is 15.4. The average molecular weight is 380 g/mol. The number of nitrogens with zero attached hydrogens (tertiary/aromatic N) is 3. The Morgan fingerprint density at radius 1 is 1.43 bits per heavy atom. The van der Waals surface area contributed by atoms with Crippen LogP contribution in [-0.2, 0) is 11.2 Å². The number of hydrogen-bond acceptors (Lipinski definition) is 4. The summed E-state index contributed by atoms with van der Waals surface area (Å²) in [6.07, 6.45) is 3.33. The molecule has 23 heavy (non-hydrogen) atoms. The summed E-state index contributed by atoms with van der Waals surface area (Å²) in [7, 11) is 0. The van der Waals surface area contributed by atoms with Crippen LogP contribution in [0.15, 0.2) is 22.8 Å². The van der Waals surface area contributed by atoms with Crippen molar-refractivity contribution in [2.24, 2.45) is 5.41 Å². The number of pyridine rings is 1. The lowest BCUT2D eigenvalue weighted by atomic mass is 9.76. The van der Waals surface area contributed by atoms with Crippen LogP contribution in [0, 0.1) is 16.7 Å². The summed E-state index contributed by atoms with van der Waals surface area (Å²) >= 11 is 3.36. The van der Waals surface area contributed by atoms with Gasteiger partial charge < -0.3 is 9.64 Å². The summed E-state index contributed by atoms with van der Waals surface area (Å²) in [6.45, 7) is 6.65. The molecule has 0 aromatic carbocycles. The summed E-state index contributed by atoms with van der Waals surface area (Å²) in [5.74, 6) is 0. The third kappa shape index (κ3) is 4.93. The van der Waals surface area contributed by atoms with Crippen LogP contribution in [0.3, 0.4) is 0 Å². The number of likely N-dealkylation sites (tertiary alicyclic amines) is 1. The van der Waals surface area contributed by atoms with Gasteiger partial charge in [-0.1, -0.05) is 0 Å². The van der Waals surface area contributed by atoms with Crippen LogP contribution >= 0.6 is 15.9 Å². The largest absolute Gasteiger partial charge is 0.444 e. The molecule has 1 aromatic heterocycles. The van der Waals surface area contributed by atoms with E-state index in [2.05, 4.69) is 27.0 Å². The summed E-state index contributed by atoms with van der Waals surface area (Å²) < 4.78 is 6.32. The molecule has 1 amide bonds. The van der Waals surface area contributed by atoms with Crippen molar-refractivity contribution in [3.63, 3.8) is 0 Å². The van der Waals surface area contributed by atoms with Crippen molar-refractivity contribution < 1.29 is 9.53 Å². The Hall–Kier alpha value is -1.61. The van der Waals surface area contributed by atoms with E-state index in [-0.39, 0.29) is 6.09 Å². The van der Waals surface area contributed by atoms with Crippen molar-refractivity contribution >= 4 is 22.0 Å². The standard InChI is InChI=1S/C17H22BrN3O2/c1-16(2,3)23-15(22)21-8-6-17(12-19,7-9-21)10-14-5-4-13(18)11-20-14/h4-5,11H,6-10H2,1-3H3. The maximum absolute atomic E-state index is 12.1. The van der Waals surface area contributed by atoms with E-state index in [9.17, 15) is 10.1 Å². The Morgan fingerprint density at radius 3 is 2.57 bits per heavy atom. The van der Waals surface area contributed by atoms with Crippen LogP contribution in [0.1, 0.15) is 39.3 Å². The van der Waals surface area contributed by atoms with Gasteiger partial charge in [-0.3, -0.25) is 4.98 Å². The number of piperidine rings is 1. The Bertz CT molecular complexity index is 594. The summed E-state index contributed by atoms with van der Waals surface area (Å²) in [5.41, 5.74) is -0.0536. The molecule has 2 rings (SSSR count). The average Bonchev–Trinajstić information content (AvgIpc) is 2.48. The SMILES string of the molecule is CC(C)(C)OC(=O)N1CCC(C#N)(Cc2ccc(Br)cn2)CC1. The first-order valence-corrected chi connectivity index (χ1v) is 8.52. The van der Waals surface area contributed by atoms with E-state index in [1.54, 1.807) is 11.1 Å². The monoisotopic (exact) mass is 379 g/mol. The zero-order chi connectivity index (χ0) is 17.1. The highest BCUT2D eigenvalue weighted by atomic mass is 79.9. The summed E-state index contributed by atoms with van der Waals surface area (Å²) in [5, 5.41) is 9.65. The number of halogens is 1. The molecule has 5 nitrogen and oxygen atoms in total. The van der Waals surface area contributed by atoms with Crippen molar-refractivity contribution in [3.8, 4) is 6.07 Å². The van der Waals surface area contributed by atoms with E-state index in [0.29, 0.717) is 32.4 Å². The van der Waals surface area contributed by atoms with Gasteiger partial charge in [0.25, 0.3) is 0 Å². The second-order valence-corrected chi connectivity index (χ2v) is 7.92. The molecular weight excluding hydrogens is 358 g/mol. The van der Waals surface area contributed by atoms with Crippen molar-refractivity contribution in [2.75, 3.05) is 13.1 Å². The topological polar surface area (TPSA) is 66.2 Å². The predicted octanol–water partition coefficient (Wildman–Crippen LogP) is 3.93. The van der Waals surface area contributed by atoms with Crippen molar-refractivity contribution in [1.82, 2.24) is 9.88 Å². The number of carbonyl (C=O) groups excluding carboxylic acids is 1. The third-order valence-electron chi connectivity index (χ3n) is 3.92. The molecule has 1 fully saturated rings. The Kier molecular flexibility index (Phi) is 5.30. The van der Waals surface area contributed by atoms with Crippen molar-refractivity contribution in [1.29, 1.82) is 5.26 Å². The molecule has 0 spiro atoms. The van der Waals surface area contributed by atoms with Gasteiger partial charge in [-0.2, -0.15) is 5.26 Å². The lowest BCUT2D eigenvalue weighted by Gasteiger charge is -2.37. The smallest absolute Gasteiger partial charge is 0.410 e.